The number of amides is 3. The Hall–Kier alpha value is -4.52. The Balaban J connectivity index is 1.67. The van der Waals surface area contributed by atoms with E-state index in [-0.39, 0.29) is 18.0 Å². The number of urea groups is 1. The fraction of sp³-hybridized carbons (Fsp3) is 0.192. The topological polar surface area (TPSA) is 96.7 Å². The van der Waals surface area contributed by atoms with Crippen LogP contribution in [0.2, 0.25) is 0 Å². The number of anilines is 3. The number of nitrogens with one attached hydrogen (secondary N) is 1. The van der Waals surface area contributed by atoms with E-state index in [0.29, 0.717) is 27.9 Å². The van der Waals surface area contributed by atoms with Crippen molar-refractivity contribution >= 4 is 29.0 Å². The van der Waals surface area contributed by atoms with Crippen molar-refractivity contribution in [2.45, 2.75) is 32.1 Å². The van der Waals surface area contributed by atoms with Crippen molar-refractivity contribution in [2.75, 3.05) is 10.2 Å². The van der Waals surface area contributed by atoms with Crippen molar-refractivity contribution in [3.05, 3.63) is 83.4 Å². The quantitative estimate of drug-likeness (QED) is 0.347. The van der Waals surface area contributed by atoms with Crippen LogP contribution in [0.5, 0.6) is 5.75 Å². The summed E-state index contributed by atoms with van der Waals surface area (Å²) in [5.41, 5.74) is -1.44. The molecule has 1 saturated heterocycles. The molecule has 0 aromatic heterocycles. The van der Waals surface area contributed by atoms with Gasteiger partial charge >= 0.3 is 12.2 Å². The number of nitrogens with zero attached hydrogens (tertiary/aromatic N) is 3. The fourth-order valence-corrected chi connectivity index (χ4v) is 3.98. The van der Waals surface area contributed by atoms with Gasteiger partial charge in [-0.05, 0) is 67.9 Å². The molecular formula is C26H21F3N4O3. The molecule has 3 aromatic carbocycles. The average Bonchev–Trinajstić information content (AvgIpc) is 3.00. The molecule has 0 atom stereocenters. The van der Waals surface area contributed by atoms with Crippen LogP contribution in [0, 0.1) is 11.3 Å². The molecule has 184 valence electrons. The van der Waals surface area contributed by atoms with Crippen LogP contribution in [0.15, 0.2) is 66.7 Å². The summed E-state index contributed by atoms with van der Waals surface area (Å²) in [6.45, 7) is 3.05. The molecule has 7 nitrogen and oxygen atoms in total. The molecule has 1 fully saturated rings. The second kappa shape index (κ2) is 8.92. The third-order valence-electron chi connectivity index (χ3n) is 6.00. The van der Waals surface area contributed by atoms with E-state index in [1.165, 1.54) is 36.9 Å². The first-order valence-electron chi connectivity index (χ1n) is 10.8. The minimum absolute atomic E-state index is 0.00224. The third kappa shape index (κ3) is 4.43. The Kier molecular flexibility index (Phi) is 6.10. The van der Waals surface area contributed by atoms with Crippen molar-refractivity contribution < 1.29 is 27.9 Å². The summed E-state index contributed by atoms with van der Waals surface area (Å²) in [5, 5.41) is 21.8. The van der Waals surface area contributed by atoms with Crippen LogP contribution >= 0.6 is 0 Å². The van der Waals surface area contributed by atoms with Gasteiger partial charge in [-0.3, -0.25) is 4.79 Å². The van der Waals surface area contributed by atoms with Gasteiger partial charge in [-0.25, -0.2) is 9.69 Å². The summed E-state index contributed by atoms with van der Waals surface area (Å²) >= 11 is 0. The van der Waals surface area contributed by atoms with Crippen molar-refractivity contribution in [1.82, 2.24) is 4.90 Å². The molecule has 0 aliphatic carbocycles. The predicted molar refractivity (Wildman–Crippen MR) is 126 cm³/mol. The first-order chi connectivity index (χ1) is 16.9. The zero-order valence-corrected chi connectivity index (χ0v) is 19.3. The largest absolute Gasteiger partial charge is 0.508 e. The van der Waals surface area contributed by atoms with Crippen LogP contribution < -0.4 is 10.2 Å². The van der Waals surface area contributed by atoms with Crippen LogP contribution in [0.1, 0.15) is 30.5 Å². The second-order valence-electron chi connectivity index (χ2n) is 8.74. The Morgan fingerprint density at radius 1 is 1.03 bits per heavy atom. The van der Waals surface area contributed by atoms with Crippen LogP contribution in [0.4, 0.5) is 35.0 Å². The number of imide groups is 1. The van der Waals surface area contributed by atoms with Gasteiger partial charge in [0.05, 0.1) is 29.4 Å². The van der Waals surface area contributed by atoms with Gasteiger partial charge in [-0.2, -0.15) is 18.4 Å². The zero-order valence-electron chi connectivity index (χ0n) is 19.3. The summed E-state index contributed by atoms with van der Waals surface area (Å²) in [5.74, 6) is -0.581. The van der Waals surface area contributed by atoms with Crippen molar-refractivity contribution in [3.8, 4) is 11.8 Å². The number of carbonyl (C=O) groups excluding carboxylic acids is 2. The van der Waals surface area contributed by atoms with Crippen molar-refractivity contribution in [2.24, 2.45) is 0 Å². The average molecular weight is 494 g/mol. The van der Waals surface area contributed by atoms with E-state index in [4.69, 9.17) is 5.26 Å². The lowest BCUT2D eigenvalue weighted by atomic mass is 10.0. The van der Waals surface area contributed by atoms with E-state index in [9.17, 15) is 27.9 Å². The van der Waals surface area contributed by atoms with Gasteiger partial charge in [0, 0.05) is 11.4 Å². The molecule has 10 heteroatoms. The van der Waals surface area contributed by atoms with Crippen molar-refractivity contribution in [1.29, 1.82) is 5.26 Å². The Bertz CT molecular complexity index is 1380. The summed E-state index contributed by atoms with van der Waals surface area (Å²) in [6.07, 6.45) is -4.83. The molecule has 0 unspecified atom stereocenters. The normalized spacial score (nSPS) is 15.2. The Morgan fingerprint density at radius 2 is 1.69 bits per heavy atom. The smallest absolute Gasteiger partial charge is 0.417 e. The number of nitriles is 1. The van der Waals surface area contributed by atoms with E-state index in [1.807, 2.05) is 0 Å². The number of aromatic hydroxyl groups is 1. The number of carbonyl (C=O) groups is 2. The van der Waals surface area contributed by atoms with Gasteiger partial charge < -0.3 is 15.3 Å². The van der Waals surface area contributed by atoms with E-state index in [0.717, 1.165) is 12.1 Å². The highest BCUT2D eigenvalue weighted by Gasteiger charge is 2.52. The molecule has 1 aliphatic rings. The van der Waals surface area contributed by atoms with E-state index in [1.54, 1.807) is 36.4 Å². The molecule has 4 rings (SSSR count). The summed E-state index contributed by atoms with van der Waals surface area (Å²) in [7, 11) is 0. The number of phenolic OH excluding ortho intramolecular Hbond substituents is 1. The molecule has 0 spiro atoms. The highest BCUT2D eigenvalue weighted by Crippen LogP contribution is 2.38. The SMILES string of the molecule is CC1(C)C(=O)N(c2ccc(C#N)c(C(F)(F)F)c2)C(=O)N1Cc1ccccc1Nc1ccc(O)cc1. The monoisotopic (exact) mass is 494 g/mol. The van der Waals surface area contributed by atoms with E-state index < -0.39 is 34.8 Å². The number of halogens is 3. The number of alkyl halides is 3. The molecular weight excluding hydrogens is 473 g/mol. The summed E-state index contributed by atoms with van der Waals surface area (Å²) < 4.78 is 40.5. The van der Waals surface area contributed by atoms with Crippen LogP contribution in [0.3, 0.4) is 0 Å². The minimum atomic E-state index is -4.83. The lowest BCUT2D eigenvalue weighted by molar-refractivity contribution is -0.137. The minimum Gasteiger partial charge on any atom is -0.508 e. The highest BCUT2D eigenvalue weighted by molar-refractivity contribution is 6.23. The molecule has 1 heterocycles. The van der Waals surface area contributed by atoms with Gasteiger partial charge in [0.25, 0.3) is 5.91 Å². The Labute approximate surface area is 205 Å². The maximum absolute atomic E-state index is 13.5. The number of benzene rings is 3. The zero-order chi connectivity index (χ0) is 26.3. The molecule has 0 bridgehead atoms. The summed E-state index contributed by atoms with van der Waals surface area (Å²) in [4.78, 5) is 28.6. The summed E-state index contributed by atoms with van der Waals surface area (Å²) in [6, 6.07) is 16.9. The first-order valence-corrected chi connectivity index (χ1v) is 10.8. The maximum Gasteiger partial charge on any atom is 0.417 e. The van der Waals surface area contributed by atoms with Crippen LogP contribution in [-0.2, 0) is 17.5 Å². The Morgan fingerprint density at radius 3 is 2.33 bits per heavy atom. The molecule has 0 radical (unpaired) electrons. The molecule has 1 aliphatic heterocycles. The van der Waals surface area contributed by atoms with Gasteiger partial charge in [0.2, 0.25) is 0 Å². The van der Waals surface area contributed by atoms with Crippen molar-refractivity contribution in [3.63, 3.8) is 0 Å². The molecule has 2 N–H and O–H groups in total. The highest BCUT2D eigenvalue weighted by atomic mass is 19.4. The van der Waals surface area contributed by atoms with E-state index >= 15 is 0 Å². The van der Waals surface area contributed by atoms with E-state index in [2.05, 4.69) is 5.32 Å². The van der Waals surface area contributed by atoms with Crippen LogP contribution in [-0.4, -0.2) is 27.5 Å². The maximum atomic E-state index is 13.5. The predicted octanol–water partition coefficient (Wildman–Crippen LogP) is 5.77. The molecule has 0 saturated carbocycles. The number of hydrogen-bond acceptors (Lipinski definition) is 5. The lowest BCUT2D eigenvalue weighted by Crippen LogP contribution is -2.43. The fourth-order valence-electron chi connectivity index (χ4n) is 3.98. The van der Waals surface area contributed by atoms with Gasteiger partial charge in [0.15, 0.2) is 0 Å². The second-order valence-corrected chi connectivity index (χ2v) is 8.74. The van der Waals surface area contributed by atoms with Gasteiger partial charge in [0.1, 0.15) is 11.3 Å². The van der Waals surface area contributed by atoms with Gasteiger partial charge in [-0.15, -0.1) is 0 Å². The molecule has 3 aromatic rings. The molecule has 36 heavy (non-hydrogen) atoms. The number of rotatable bonds is 5. The van der Waals surface area contributed by atoms with Crippen LogP contribution in [0.25, 0.3) is 0 Å². The number of hydrogen-bond donors (Lipinski definition) is 2. The first kappa shape index (κ1) is 24.6. The number of phenols is 1. The number of para-hydroxylation sites is 1. The molecule has 3 amide bonds. The standard InChI is InChI=1S/C26H21F3N4O3/c1-25(2)23(35)33(19-10-7-16(14-30)21(13-19)26(27,28)29)24(36)32(25)15-17-5-3-4-6-22(17)31-18-8-11-20(34)12-9-18/h3-13,31,34H,15H2,1-2H3. The third-order valence-corrected chi connectivity index (χ3v) is 6.00. The lowest BCUT2D eigenvalue weighted by Gasteiger charge is -2.28. The van der Waals surface area contributed by atoms with Gasteiger partial charge in [-0.1, -0.05) is 18.2 Å².